The molecule has 0 atom stereocenters. The van der Waals surface area contributed by atoms with Gasteiger partial charge in [0.1, 0.15) is 11.5 Å². The predicted molar refractivity (Wildman–Crippen MR) is 65.8 cm³/mol. The number of carbonyl (C=O) groups excluding carboxylic acids is 1. The van der Waals surface area contributed by atoms with Crippen LogP contribution < -0.4 is 0 Å². The number of hydrogen-bond donors (Lipinski definition) is 0. The highest BCUT2D eigenvalue weighted by molar-refractivity contribution is 9.10. The molecule has 82 valence electrons. The lowest BCUT2D eigenvalue weighted by Gasteiger charge is -2.01. The Morgan fingerprint density at radius 1 is 1.19 bits per heavy atom. The molecule has 0 radical (unpaired) electrons. The summed E-state index contributed by atoms with van der Waals surface area (Å²) in [6, 6.07) is 9.16. The topological polar surface area (TPSA) is 30.2 Å². The number of furan rings is 1. The summed E-state index contributed by atoms with van der Waals surface area (Å²) in [7, 11) is 0. The molecule has 0 bridgehead atoms. The molecule has 0 unspecified atom stereocenters. The summed E-state index contributed by atoms with van der Waals surface area (Å²) in [5.41, 5.74) is 1.29. The molecule has 0 aliphatic heterocycles. The molecule has 2 rings (SSSR count). The van der Waals surface area contributed by atoms with E-state index in [9.17, 15) is 4.79 Å². The largest absolute Gasteiger partial charge is 0.466 e. The SMILES string of the molecule is Cc1cc(C(=O)c2ccccc2Br)c(C)o1. The van der Waals surface area contributed by atoms with E-state index < -0.39 is 0 Å². The quantitative estimate of drug-likeness (QED) is 0.781. The second-order valence-electron chi connectivity index (χ2n) is 3.64. The zero-order valence-corrected chi connectivity index (χ0v) is 10.7. The Balaban J connectivity index is 2.47. The summed E-state index contributed by atoms with van der Waals surface area (Å²) in [5.74, 6) is 1.41. The molecule has 0 aliphatic carbocycles. The Morgan fingerprint density at radius 2 is 1.88 bits per heavy atom. The summed E-state index contributed by atoms with van der Waals surface area (Å²) in [5, 5.41) is 0. The summed E-state index contributed by atoms with van der Waals surface area (Å²) in [6.07, 6.45) is 0. The van der Waals surface area contributed by atoms with Crippen molar-refractivity contribution in [3.05, 3.63) is 57.5 Å². The molecule has 16 heavy (non-hydrogen) atoms. The van der Waals surface area contributed by atoms with Gasteiger partial charge in [-0.1, -0.05) is 28.1 Å². The van der Waals surface area contributed by atoms with E-state index in [0.717, 1.165) is 10.2 Å². The van der Waals surface area contributed by atoms with Crippen molar-refractivity contribution in [1.82, 2.24) is 0 Å². The maximum Gasteiger partial charge on any atom is 0.197 e. The lowest BCUT2D eigenvalue weighted by molar-refractivity contribution is 0.103. The fourth-order valence-corrected chi connectivity index (χ4v) is 2.11. The lowest BCUT2D eigenvalue weighted by Crippen LogP contribution is -2.02. The second-order valence-corrected chi connectivity index (χ2v) is 4.49. The fraction of sp³-hybridized carbons (Fsp3) is 0.154. The molecule has 0 amide bonds. The normalized spacial score (nSPS) is 10.4. The summed E-state index contributed by atoms with van der Waals surface area (Å²) in [6.45, 7) is 3.64. The van der Waals surface area contributed by atoms with Gasteiger partial charge in [-0.15, -0.1) is 0 Å². The lowest BCUT2D eigenvalue weighted by atomic mass is 10.0. The van der Waals surface area contributed by atoms with Crippen LogP contribution in [-0.2, 0) is 0 Å². The second kappa shape index (κ2) is 4.26. The van der Waals surface area contributed by atoms with Gasteiger partial charge in [0, 0.05) is 10.0 Å². The fourth-order valence-electron chi connectivity index (χ4n) is 1.65. The van der Waals surface area contributed by atoms with E-state index in [2.05, 4.69) is 15.9 Å². The van der Waals surface area contributed by atoms with E-state index in [0.29, 0.717) is 16.9 Å². The first-order valence-electron chi connectivity index (χ1n) is 4.96. The van der Waals surface area contributed by atoms with Gasteiger partial charge >= 0.3 is 0 Å². The summed E-state index contributed by atoms with van der Waals surface area (Å²) in [4.78, 5) is 12.2. The van der Waals surface area contributed by atoms with Gasteiger partial charge < -0.3 is 4.42 Å². The van der Waals surface area contributed by atoms with Crippen LogP contribution in [0.15, 0.2) is 39.2 Å². The number of aryl methyl sites for hydroxylation is 2. The highest BCUT2D eigenvalue weighted by atomic mass is 79.9. The number of rotatable bonds is 2. The molecule has 0 fully saturated rings. The maximum absolute atomic E-state index is 12.2. The minimum Gasteiger partial charge on any atom is -0.466 e. The van der Waals surface area contributed by atoms with Gasteiger partial charge in [-0.3, -0.25) is 4.79 Å². The van der Waals surface area contributed by atoms with E-state index in [-0.39, 0.29) is 5.78 Å². The van der Waals surface area contributed by atoms with Crippen molar-refractivity contribution in [3.8, 4) is 0 Å². The summed E-state index contributed by atoms with van der Waals surface area (Å²) >= 11 is 3.37. The first-order valence-corrected chi connectivity index (χ1v) is 5.75. The molecule has 0 saturated heterocycles. The van der Waals surface area contributed by atoms with Gasteiger partial charge in [-0.25, -0.2) is 0 Å². The maximum atomic E-state index is 12.2. The number of halogens is 1. The van der Waals surface area contributed by atoms with Gasteiger partial charge in [-0.05, 0) is 32.0 Å². The van der Waals surface area contributed by atoms with Crippen LogP contribution in [0.1, 0.15) is 27.4 Å². The van der Waals surface area contributed by atoms with E-state index in [1.807, 2.05) is 25.1 Å². The van der Waals surface area contributed by atoms with Crippen molar-refractivity contribution in [3.63, 3.8) is 0 Å². The zero-order valence-electron chi connectivity index (χ0n) is 9.08. The third kappa shape index (κ3) is 1.95. The predicted octanol–water partition coefficient (Wildman–Crippen LogP) is 3.89. The van der Waals surface area contributed by atoms with Crippen molar-refractivity contribution in [1.29, 1.82) is 0 Å². The van der Waals surface area contributed by atoms with Crippen LogP contribution in [0.3, 0.4) is 0 Å². The van der Waals surface area contributed by atoms with Crippen LogP contribution in [0.4, 0.5) is 0 Å². The number of hydrogen-bond acceptors (Lipinski definition) is 2. The third-order valence-electron chi connectivity index (χ3n) is 2.40. The van der Waals surface area contributed by atoms with Crippen molar-refractivity contribution in [2.75, 3.05) is 0 Å². The van der Waals surface area contributed by atoms with Crippen LogP contribution in [-0.4, -0.2) is 5.78 Å². The van der Waals surface area contributed by atoms with Gasteiger partial charge in [0.2, 0.25) is 0 Å². The molecular formula is C13H11BrO2. The molecule has 2 nitrogen and oxygen atoms in total. The molecule has 0 aliphatic rings. The number of ketones is 1. The first-order chi connectivity index (χ1) is 7.59. The van der Waals surface area contributed by atoms with Crippen molar-refractivity contribution < 1.29 is 9.21 Å². The molecular weight excluding hydrogens is 268 g/mol. The van der Waals surface area contributed by atoms with Crippen molar-refractivity contribution in [2.45, 2.75) is 13.8 Å². The minimum atomic E-state index is -0.0122. The smallest absolute Gasteiger partial charge is 0.197 e. The monoisotopic (exact) mass is 278 g/mol. The molecule has 0 N–H and O–H groups in total. The average molecular weight is 279 g/mol. The number of benzene rings is 1. The van der Waals surface area contributed by atoms with Gasteiger partial charge in [0.05, 0.1) is 5.56 Å². The van der Waals surface area contributed by atoms with Crippen LogP contribution >= 0.6 is 15.9 Å². The Bertz CT molecular complexity index is 541. The molecule has 1 heterocycles. The Hall–Kier alpha value is -1.35. The molecule has 2 aromatic rings. The molecule has 1 aromatic carbocycles. The van der Waals surface area contributed by atoms with Crippen LogP contribution in [0.25, 0.3) is 0 Å². The molecule has 1 aromatic heterocycles. The van der Waals surface area contributed by atoms with Crippen molar-refractivity contribution >= 4 is 21.7 Å². The standard InChI is InChI=1S/C13H11BrO2/c1-8-7-11(9(2)16-8)13(15)10-5-3-4-6-12(10)14/h3-7H,1-2H3. The van der Waals surface area contributed by atoms with E-state index in [4.69, 9.17) is 4.42 Å². The first kappa shape index (κ1) is 11.1. The van der Waals surface area contributed by atoms with E-state index >= 15 is 0 Å². The Kier molecular flexibility index (Phi) is 2.97. The molecule has 0 saturated carbocycles. The van der Waals surface area contributed by atoms with Crippen LogP contribution in [0.5, 0.6) is 0 Å². The summed E-state index contributed by atoms with van der Waals surface area (Å²) < 4.78 is 6.16. The van der Waals surface area contributed by atoms with Gasteiger partial charge in [0.25, 0.3) is 0 Å². The zero-order chi connectivity index (χ0) is 11.7. The highest BCUT2D eigenvalue weighted by Crippen LogP contribution is 2.23. The van der Waals surface area contributed by atoms with Crippen molar-refractivity contribution in [2.24, 2.45) is 0 Å². The Labute approximate surface area is 102 Å². The highest BCUT2D eigenvalue weighted by Gasteiger charge is 2.17. The van der Waals surface area contributed by atoms with Crippen LogP contribution in [0, 0.1) is 13.8 Å². The molecule has 3 heteroatoms. The average Bonchev–Trinajstić information content (AvgIpc) is 2.58. The third-order valence-corrected chi connectivity index (χ3v) is 3.10. The van der Waals surface area contributed by atoms with E-state index in [1.54, 1.807) is 19.1 Å². The van der Waals surface area contributed by atoms with Gasteiger partial charge in [-0.2, -0.15) is 0 Å². The minimum absolute atomic E-state index is 0.0122. The van der Waals surface area contributed by atoms with Crippen LogP contribution in [0.2, 0.25) is 0 Å². The Morgan fingerprint density at radius 3 is 2.44 bits per heavy atom. The van der Waals surface area contributed by atoms with Gasteiger partial charge in [0.15, 0.2) is 5.78 Å². The number of carbonyl (C=O) groups is 1. The molecule has 0 spiro atoms. The van der Waals surface area contributed by atoms with E-state index in [1.165, 1.54) is 0 Å².